The highest BCUT2D eigenvalue weighted by atomic mass is 79.9. The SMILES string of the molecule is NNC(CSc1ccc(Br)cc1)Cc1cccs1. The number of hydrazine groups is 1. The summed E-state index contributed by atoms with van der Waals surface area (Å²) in [4.78, 5) is 2.64. The minimum atomic E-state index is 0.303. The molecule has 2 aromatic rings. The average Bonchev–Trinajstić information content (AvgIpc) is 2.89. The van der Waals surface area contributed by atoms with Crippen molar-refractivity contribution in [3.8, 4) is 0 Å². The number of rotatable bonds is 6. The van der Waals surface area contributed by atoms with E-state index in [2.05, 4.69) is 63.1 Å². The lowest BCUT2D eigenvalue weighted by Crippen LogP contribution is -2.38. The first-order chi connectivity index (χ1) is 8.78. The molecule has 0 amide bonds. The van der Waals surface area contributed by atoms with Crippen LogP contribution >= 0.6 is 39.0 Å². The number of nitrogens with two attached hydrogens (primary N) is 1. The summed E-state index contributed by atoms with van der Waals surface area (Å²) in [6.07, 6.45) is 0.984. The fraction of sp³-hybridized carbons (Fsp3) is 0.231. The van der Waals surface area contributed by atoms with Crippen LogP contribution < -0.4 is 11.3 Å². The second-order valence-electron chi connectivity index (χ2n) is 3.91. The molecule has 3 N–H and O–H groups in total. The van der Waals surface area contributed by atoms with Crippen LogP contribution in [0.3, 0.4) is 0 Å². The molecular formula is C13H15BrN2S2. The monoisotopic (exact) mass is 342 g/mol. The summed E-state index contributed by atoms with van der Waals surface area (Å²) in [5, 5.41) is 2.10. The second kappa shape index (κ2) is 7.31. The summed E-state index contributed by atoms with van der Waals surface area (Å²) in [5.41, 5.74) is 2.90. The number of benzene rings is 1. The zero-order valence-corrected chi connectivity index (χ0v) is 13.0. The molecule has 0 aliphatic rings. The Hall–Kier alpha value is -0.330. The minimum Gasteiger partial charge on any atom is -0.271 e. The van der Waals surface area contributed by atoms with Crippen LogP contribution in [0.2, 0.25) is 0 Å². The Morgan fingerprint density at radius 1 is 1.28 bits per heavy atom. The normalized spacial score (nSPS) is 12.6. The molecule has 18 heavy (non-hydrogen) atoms. The molecule has 1 heterocycles. The molecule has 0 radical (unpaired) electrons. The number of halogens is 1. The molecule has 0 fully saturated rings. The van der Waals surface area contributed by atoms with E-state index in [-0.39, 0.29) is 0 Å². The van der Waals surface area contributed by atoms with Gasteiger partial charge in [-0.1, -0.05) is 22.0 Å². The van der Waals surface area contributed by atoms with E-state index in [1.54, 1.807) is 11.3 Å². The van der Waals surface area contributed by atoms with Gasteiger partial charge >= 0.3 is 0 Å². The molecule has 0 aliphatic heterocycles. The van der Waals surface area contributed by atoms with Crippen LogP contribution in [0, 0.1) is 0 Å². The molecule has 0 bridgehead atoms. The molecule has 0 saturated carbocycles. The molecule has 5 heteroatoms. The van der Waals surface area contributed by atoms with Gasteiger partial charge in [-0.05, 0) is 42.1 Å². The highest BCUT2D eigenvalue weighted by Gasteiger charge is 2.09. The Labute approximate surface area is 124 Å². The predicted molar refractivity (Wildman–Crippen MR) is 84.0 cm³/mol. The Morgan fingerprint density at radius 2 is 2.06 bits per heavy atom. The van der Waals surface area contributed by atoms with E-state index in [1.165, 1.54) is 9.77 Å². The zero-order valence-electron chi connectivity index (χ0n) is 9.80. The summed E-state index contributed by atoms with van der Waals surface area (Å²) < 4.78 is 1.11. The number of thioether (sulfide) groups is 1. The Morgan fingerprint density at radius 3 is 2.67 bits per heavy atom. The molecule has 1 atom stereocenters. The van der Waals surface area contributed by atoms with Crippen LogP contribution in [0.15, 0.2) is 51.1 Å². The van der Waals surface area contributed by atoms with Crippen molar-refractivity contribution in [1.82, 2.24) is 5.43 Å². The van der Waals surface area contributed by atoms with Gasteiger partial charge in [-0.15, -0.1) is 23.1 Å². The highest BCUT2D eigenvalue weighted by molar-refractivity contribution is 9.10. The summed E-state index contributed by atoms with van der Waals surface area (Å²) >= 11 is 7.04. The second-order valence-corrected chi connectivity index (χ2v) is 6.95. The van der Waals surface area contributed by atoms with E-state index in [4.69, 9.17) is 5.84 Å². The largest absolute Gasteiger partial charge is 0.271 e. The fourth-order valence-corrected chi connectivity index (χ4v) is 3.55. The molecular weight excluding hydrogens is 328 g/mol. The van der Waals surface area contributed by atoms with Gasteiger partial charge in [0.05, 0.1) is 0 Å². The third-order valence-corrected chi connectivity index (χ3v) is 5.13. The van der Waals surface area contributed by atoms with Gasteiger partial charge < -0.3 is 0 Å². The topological polar surface area (TPSA) is 38.0 Å². The van der Waals surface area contributed by atoms with E-state index >= 15 is 0 Å². The van der Waals surface area contributed by atoms with Crippen molar-refractivity contribution in [3.63, 3.8) is 0 Å². The summed E-state index contributed by atoms with van der Waals surface area (Å²) in [6.45, 7) is 0. The van der Waals surface area contributed by atoms with E-state index in [1.807, 2.05) is 11.8 Å². The maximum absolute atomic E-state index is 5.61. The predicted octanol–water partition coefficient (Wildman–Crippen LogP) is 3.68. The van der Waals surface area contributed by atoms with E-state index < -0.39 is 0 Å². The molecule has 1 aromatic heterocycles. The lowest BCUT2D eigenvalue weighted by atomic mass is 10.2. The number of thiophene rings is 1. The quantitative estimate of drug-likeness (QED) is 0.477. The molecule has 0 spiro atoms. The molecule has 2 rings (SSSR count). The van der Waals surface area contributed by atoms with Gasteiger partial charge in [-0.3, -0.25) is 11.3 Å². The van der Waals surface area contributed by atoms with Crippen LogP contribution in [0.5, 0.6) is 0 Å². The van der Waals surface area contributed by atoms with Crippen LogP contribution in [-0.4, -0.2) is 11.8 Å². The molecule has 96 valence electrons. The van der Waals surface area contributed by atoms with Gasteiger partial charge in [0.1, 0.15) is 0 Å². The maximum Gasteiger partial charge on any atom is 0.0352 e. The lowest BCUT2D eigenvalue weighted by molar-refractivity contribution is 0.579. The zero-order chi connectivity index (χ0) is 12.8. The lowest BCUT2D eigenvalue weighted by Gasteiger charge is -2.14. The van der Waals surface area contributed by atoms with Crippen LogP contribution in [0.25, 0.3) is 0 Å². The Balaban J connectivity index is 1.85. The summed E-state index contributed by atoms with van der Waals surface area (Å²) in [6, 6.07) is 12.9. The molecule has 2 nitrogen and oxygen atoms in total. The van der Waals surface area contributed by atoms with Gasteiger partial charge in [0, 0.05) is 26.0 Å². The van der Waals surface area contributed by atoms with Gasteiger partial charge in [0.2, 0.25) is 0 Å². The Bertz CT molecular complexity index is 456. The van der Waals surface area contributed by atoms with Gasteiger partial charge in [-0.25, -0.2) is 0 Å². The molecule has 0 saturated heterocycles. The molecule has 1 aromatic carbocycles. The summed E-state index contributed by atoms with van der Waals surface area (Å²) in [5.74, 6) is 6.58. The smallest absolute Gasteiger partial charge is 0.0352 e. The van der Waals surface area contributed by atoms with Gasteiger partial charge in [-0.2, -0.15) is 0 Å². The number of hydrogen-bond acceptors (Lipinski definition) is 4. The standard InChI is InChI=1S/C13H15BrN2S2/c14-10-3-5-12(6-4-10)18-9-11(16-15)8-13-2-1-7-17-13/h1-7,11,16H,8-9,15H2. The third kappa shape index (κ3) is 4.40. The minimum absolute atomic E-state index is 0.303. The number of nitrogens with one attached hydrogen (secondary N) is 1. The van der Waals surface area contributed by atoms with Gasteiger partial charge in [0.25, 0.3) is 0 Å². The molecule has 1 unspecified atom stereocenters. The number of hydrogen-bond donors (Lipinski definition) is 2. The van der Waals surface area contributed by atoms with E-state index in [0.29, 0.717) is 6.04 Å². The summed E-state index contributed by atoms with van der Waals surface area (Å²) in [7, 11) is 0. The van der Waals surface area contributed by atoms with Crippen molar-refractivity contribution in [3.05, 3.63) is 51.1 Å². The fourth-order valence-electron chi connectivity index (χ4n) is 1.57. The van der Waals surface area contributed by atoms with Crippen LogP contribution in [0.1, 0.15) is 4.88 Å². The van der Waals surface area contributed by atoms with Crippen molar-refractivity contribution < 1.29 is 0 Å². The van der Waals surface area contributed by atoms with Gasteiger partial charge in [0.15, 0.2) is 0 Å². The van der Waals surface area contributed by atoms with Crippen molar-refractivity contribution in [2.45, 2.75) is 17.4 Å². The van der Waals surface area contributed by atoms with Crippen molar-refractivity contribution in [2.75, 3.05) is 5.75 Å². The van der Waals surface area contributed by atoms with Crippen LogP contribution in [0.4, 0.5) is 0 Å². The van der Waals surface area contributed by atoms with Crippen LogP contribution in [-0.2, 0) is 6.42 Å². The first-order valence-corrected chi connectivity index (χ1v) is 8.30. The first kappa shape index (κ1) is 14.1. The Kier molecular flexibility index (Phi) is 5.72. The van der Waals surface area contributed by atoms with Crippen molar-refractivity contribution in [1.29, 1.82) is 0 Å². The van der Waals surface area contributed by atoms with E-state index in [0.717, 1.165) is 16.6 Å². The van der Waals surface area contributed by atoms with Crippen molar-refractivity contribution >= 4 is 39.0 Å². The maximum atomic E-state index is 5.61. The first-order valence-electron chi connectivity index (χ1n) is 5.65. The third-order valence-electron chi connectivity index (χ3n) is 2.53. The van der Waals surface area contributed by atoms with E-state index in [9.17, 15) is 0 Å². The van der Waals surface area contributed by atoms with Crippen molar-refractivity contribution in [2.24, 2.45) is 5.84 Å². The molecule has 0 aliphatic carbocycles. The highest BCUT2D eigenvalue weighted by Crippen LogP contribution is 2.22. The average molecular weight is 343 g/mol.